The van der Waals surface area contributed by atoms with Crippen LogP contribution in [0.2, 0.25) is 0 Å². The van der Waals surface area contributed by atoms with E-state index in [-0.39, 0.29) is 17.9 Å². The molecule has 0 unspecified atom stereocenters. The van der Waals surface area contributed by atoms with Crippen LogP contribution in [-0.4, -0.2) is 35.2 Å². The summed E-state index contributed by atoms with van der Waals surface area (Å²) in [5, 5.41) is 12.0. The maximum atomic E-state index is 12.4. The highest BCUT2D eigenvalue weighted by Gasteiger charge is 2.27. The first-order chi connectivity index (χ1) is 12.6. The lowest BCUT2D eigenvalue weighted by atomic mass is 9.96. The lowest BCUT2D eigenvalue weighted by Gasteiger charge is -2.33. The van der Waals surface area contributed by atoms with Crippen LogP contribution < -0.4 is 10.2 Å². The summed E-state index contributed by atoms with van der Waals surface area (Å²) in [6.45, 7) is 7.85. The monoisotopic (exact) mass is 352 g/mol. The van der Waals surface area contributed by atoms with Gasteiger partial charge >= 0.3 is 0 Å². The van der Waals surface area contributed by atoms with Crippen molar-refractivity contribution in [3.63, 3.8) is 0 Å². The van der Waals surface area contributed by atoms with Crippen LogP contribution >= 0.6 is 0 Å². The van der Waals surface area contributed by atoms with E-state index in [2.05, 4.69) is 46.4 Å². The van der Waals surface area contributed by atoms with Crippen molar-refractivity contribution in [2.24, 2.45) is 5.92 Å². The van der Waals surface area contributed by atoms with E-state index in [1.165, 1.54) is 5.56 Å². The summed E-state index contributed by atoms with van der Waals surface area (Å²) in [5.74, 6) is 1.03. The van der Waals surface area contributed by atoms with Crippen molar-refractivity contribution < 1.29 is 4.79 Å². The van der Waals surface area contributed by atoms with Crippen LogP contribution in [0.5, 0.6) is 0 Å². The Morgan fingerprint density at radius 3 is 2.77 bits per heavy atom. The number of aromatic nitrogens is 2. The molecule has 1 fully saturated rings. The number of amides is 1. The van der Waals surface area contributed by atoms with Gasteiger partial charge in [0.2, 0.25) is 5.91 Å². The normalized spacial score (nSPS) is 18.4. The summed E-state index contributed by atoms with van der Waals surface area (Å²) in [6.07, 6.45) is 2.89. The maximum Gasteiger partial charge on any atom is 0.225 e. The molecule has 1 aromatic heterocycles. The predicted molar refractivity (Wildman–Crippen MR) is 105 cm³/mol. The van der Waals surface area contributed by atoms with Crippen molar-refractivity contribution in [1.82, 2.24) is 15.5 Å². The quantitative estimate of drug-likeness (QED) is 0.893. The number of carbonyl (C=O) groups is 1. The maximum absolute atomic E-state index is 12.4. The number of carbonyl (C=O) groups excluding carboxylic acids is 1. The molecule has 1 amide bonds. The molecule has 5 heteroatoms. The van der Waals surface area contributed by atoms with E-state index < -0.39 is 0 Å². The van der Waals surface area contributed by atoms with Gasteiger partial charge < -0.3 is 10.2 Å². The number of nitrogens with zero attached hydrogens (tertiary/aromatic N) is 3. The molecule has 2 atom stereocenters. The zero-order valence-electron chi connectivity index (χ0n) is 15.9. The third-order valence-corrected chi connectivity index (χ3v) is 5.19. The average molecular weight is 352 g/mol. The van der Waals surface area contributed by atoms with Gasteiger partial charge in [-0.3, -0.25) is 4.79 Å². The van der Waals surface area contributed by atoms with Crippen LogP contribution in [0, 0.1) is 12.8 Å². The Bertz CT molecular complexity index is 744. The zero-order valence-corrected chi connectivity index (χ0v) is 15.9. The van der Waals surface area contributed by atoms with Gasteiger partial charge in [0.05, 0.1) is 11.6 Å². The highest BCUT2D eigenvalue weighted by molar-refractivity contribution is 5.79. The van der Waals surface area contributed by atoms with Crippen molar-refractivity contribution in [3.05, 3.63) is 42.0 Å². The third kappa shape index (κ3) is 4.21. The van der Waals surface area contributed by atoms with Crippen molar-refractivity contribution in [3.8, 4) is 11.3 Å². The number of anilines is 1. The average Bonchev–Trinajstić information content (AvgIpc) is 2.68. The van der Waals surface area contributed by atoms with Gasteiger partial charge in [-0.05, 0) is 50.8 Å². The fraction of sp³-hybridized carbons (Fsp3) is 0.476. The highest BCUT2D eigenvalue weighted by Crippen LogP contribution is 2.25. The second kappa shape index (κ2) is 8.30. The number of hydrogen-bond acceptors (Lipinski definition) is 4. The van der Waals surface area contributed by atoms with E-state index in [4.69, 9.17) is 0 Å². The van der Waals surface area contributed by atoms with E-state index >= 15 is 0 Å². The molecular weight excluding hydrogens is 324 g/mol. The molecule has 0 radical (unpaired) electrons. The number of hydrogen-bond donors (Lipinski definition) is 1. The molecule has 1 N–H and O–H groups in total. The van der Waals surface area contributed by atoms with Crippen LogP contribution in [-0.2, 0) is 4.79 Å². The molecule has 2 heterocycles. The summed E-state index contributed by atoms with van der Waals surface area (Å²) in [4.78, 5) is 14.6. The SMILES string of the molecule is CC[C@H](C)NC(=O)[C@H]1CCCN(c2ccc(-c3ccccc3C)nn2)C1. The zero-order chi connectivity index (χ0) is 18.5. The predicted octanol–water partition coefficient (Wildman–Crippen LogP) is 3.58. The molecule has 26 heavy (non-hydrogen) atoms. The summed E-state index contributed by atoms with van der Waals surface area (Å²) >= 11 is 0. The molecule has 0 aliphatic carbocycles. The molecule has 1 aromatic carbocycles. The molecular formula is C21H28N4O. The Kier molecular flexibility index (Phi) is 5.86. The first-order valence-electron chi connectivity index (χ1n) is 9.53. The van der Waals surface area contributed by atoms with Crippen LogP contribution in [0.4, 0.5) is 5.82 Å². The van der Waals surface area contributed by atoms with Gasteiger partial charge in [-0.25, -0.2) is 0 Å². The Balaban J connectivity index is 1.69. The fourth-order valence-corrected chi connectivity index (χ4v) is 3.36. The molecule has 0 spiro atoms. The molecule has 138 valence electrons. The molecule has 1 saturated heterocycles. The number of rotatable bonds is 5. The lowest BCUT2D eigenvalue weighted by molar-refractivity contribution is -0.125. The molecule has 2 aromatic rings. The minimum atomic E-state index is 0.0237. The fourth-order valence-electron chi connectivity index (χ4n) is 3.36. The van der Waals surface area contributed by atoms with Gasteiger partial charge in [-0.2, -0.15) is 0 Å². The van der Waals surface area contributed by atoms with Crippen molar-refractivity contribution in [2.45, 2.75) is 46.1 Å². The number of aryl methyl sites for hydroxylation is 1. The van der Waals surface area contributed by atoms with Crippen molar-refractivity contribution in [1.29, 1.82) is 0 Å². The second-order valence-electron chi connectivity index (χ2n) is 7.19. The van der Waals surface area contributed by atoms with Crippen molar-refractivity contribution in [2.75, 3.05) is 18.0 Å². The molecule has 1 aliphatic heterocycles. The van der Waals surface area contributed by atoms with Gasteiger partial charge in [0.25, 0.3) is 0 Å². The van der Waals surface area contributed by atoms with E-state index in [1.807, 2.05) is 31.2 Å². The topological polar surface area (TPSA) is 58.1 Å². The standard InChI is InChI=1S/C21H28N4O/c1-4-16(3)22-21(26)17-9-7-13-25(14-17)20-12-11-19(23-24-20)18-10-6-5-8-15(18)2/h5-6,8,10-12,16-17H,4,7,9,13-14H2,1-3H3,(H,22,26)/t16-,17-/m0/s1. The minimum absolute atomic E-state index is 0.0237. The summed E-state index contributed by atoms with van der Waals surface area (Å²) in [6, 6.07) is 12.5. The Hall–Kier alpha value is -2.43. The minimum Gasteiger partial charge on any atom is -0.354 e. The first-order valence-corrected chi connectivity index (χ1v) is 9.53. The van der Waals surface area contributed by atoms with Gasteiger partial charge in [0.1, 0.15) is 0 Å². The first kappa shape index (κ1) is 18.4. The van der Waals surface area contributed by atoms with Crippen LogP contribution in [0.1, 0.15) is 38.7 Å². The molecule has 0 bridgehead atoms. The van der Waals surface area contributed by atoms with Crippen LogP contribution in [0.25, 0.3) is 11.3 Å². The number of benzene rings is 1. The lowest BCUT2D eigenvalue weighted by Crippen LogP contribution is -2.45. The number of piperidine rings is 1. The Labute approximate surface area is 155 Å². The molecule has 3 rings (SSSR count). The van der Waals surface area contributed by atoms with Gasteiger partial charge in [-0.1, -0.05) is 31.2 Å². The highest BCUT2D eigenvalue weighted by atomic mass is 16.2. The summed E-state index contributed by atoms with van der Waals surface area (Å²) in [7, 11) is 0. The van der Waals surface area contributed by atoms with Crippen LogP contribution in [0.3, 0.4) is 0 Å². The van der Waals surface area contributed by atoms with E-state index in [9.17, 15) is 4.79 Å². The summed E-state index contributed by atoms with van der Waals surface area (Å²) in [5.41, 5.74) is 3.18. The molecule has 1 aliphatic rings. The number of nitrogens with one attached hydrogen (secondary N) is 1. The third-order valence-electron chi connectivity index (χ3n) is 5.19. The Morgan fingerprint density at radius 2 is 2.08 bits per heavy atom. The summed E-state index contributed by atoms with van der Waals surface area (Å²) < 4.78 is 0. The van der Waals surface area contributed by atoms with E-state index in [0.717, 1.165) is 42.9 Å². The largest absolute Gasteiger partial charge is 0.354 e. The van der Waals surface area contributed by atoms with E-state index in [1.54, 1.807) is 0 Å². The van der Waals surface area contributed by atoms with Gasteiger partial charge in [-0.15, -0.1) is 10.2 Å². The van der Waals surface area contributed by atoms with Crippen LogP contribution in [0.15, 0.2) is 36.4 Å². The molecule has 0 saturated carbocycles. The van der Waals surface area contributed by atoms with Gasteiger partial charge in [0, 0.05) is 24.7 Å². The molecule has 5 nitrogen and oxygen atoms in total. The Morgan fingerprint density at radius 1 is 1.27 bits per heavy atom. The smallest absolute Gasteiger partial charge is 0.225 e. The van der Waals surface area contributed by atoms with E-state index in [0.29, 0.717) is 6.54 Å². The second-order valence-corrected chi connectivity index (χ2v) is 7.19. The van der Waals surface area contributed by atoms with Gasteiger partial charge in [0.15, 0.2) is 5.82 Å². The van der Waals surface area contributed by atoms with Crippen molar-refractivity contribution >= 4 is 11.7 Å².